The summed E-state index contributed by atoms with van der Waals surface area (Å²) in [7, 11) is 1.76. The number of carbonyl (C=O) groups is 1. The van der Waals surface area contributed by atoms with Crippen LogP contribution in [0.15, 0.2) is 47.2 Å². The number of anilines is 1. The normalized spacial score (nSPS) is 15.0. The smallest absolute Gasteiger partial charge is 0.433 e. The average molecular weight is 455 g/mol. The fourth-order valence-corrected chi connectivity index (χ4v) is 3.83. The van der Waals surface area contributed by atoms with Gasteiger partial charge in [0, 0.05) is 38.3 Å². The van der Waals surface area contributed by atoms with Crippen molar-refractivity contribution < 1.29 is 22.4 Å². The highest BCUT2D eigenvalue weighted by Gasteiger charge is 2.33. The van der Waals surface area contributed by atoms with Crippen LogP contribution in [0.5, 0.6) is 0 Å². The second kappa shape index (κ2) is 9.13. The van der Waals surface area contributed by atoms with E-state index < -0.39 is 11.9 Å². The summed E-state index contributed by atoms with van der Waals surface area (Å²) in [5, 5.41) is 0.606. The second-order valence-electron chi connectivity index (χ2n) is 7.49. The lowest BCUT2D eigenvalue weighted by atomic mass is 9.96. The van der Waals surface area contributed by atoms with Crippen LogP contribution >= 0.6 is 12.4 Å². The first kappa shape index (κ1) is 22.9. The number of fused-ring (bicyclic) bond motifs is 1. The van der Waals surface area contributed by atoms with Crippen LogP contribution in [0.3, 0.4) is 0 Å². The van der Waals surface area contributed by atoms with E-state index in [-0.39, 0.29) is 23.8 Å². The number of pyridine rings is 2. The third-order valence-electron chi connectivity index (χ3n) is 5.41. The number of piperidine rings is 1. The van der Waals surface area contributed by atoms with Crippen LogP contribution in [-0.4, -0.2) is 47.5 Å². The molecule has 0 radical (unpaired) electrons. The highest BCUT2D eigenvalue weighted by Crippen LogP contribution is 2.32. The third-order valence-corrected chi connectivity index (χ3v) is 5.41. The van der Waals surface area contributed by atoms with Crippen LogP contribution in [0.1, 0.15) is 29.1 Å². The van der Waals surface area contributed by atoms with E-state index in [9.17, 15) is 18.0 Å². The Kier molecular flexibility index (Phi) is 6.74. The Labute approximate surface area is 183 Å². The number of halogens is 4. The van der Waals surface area contributed by atoms with Gasteiger partial charge >= 0.3 is 6.18 Å². The van der Waals surface area contributed by atoms with Gasteiger partial charge in [-0.25, -0.2) is 9.97 Å². The first-order valence-corrected chi connectivity index (χ1v) is 9.70. The zero-order valence-corrected chi connectivity index (χ0v) is 17.6. The molecule has 0 N–H and O–H groups in total. The largest absolute Gasteiger partial charge is 0.459 e. The van der Waals surface area contributed by atoms with Crippen LogP contribution in [0, 0.1) is 5.92 Å². The number of hydrogen-bond donors (Lipinski definition) is 0. The summed E-state index contributed by atoms with van der Waals surface area (Å²) in [5.41, 5.74) is -0.629. The summed E-state index contributed by atoms with van der Waals surface area (Å²) in [5.74, 6) is 1.15. The van der Waals surface area contributed by atoms with Gasteiger partial charge in [0.25, 0.3) is 5.91 Å². The molecule has 1 amide bonds. The maximum Gasteiger partial charge on any atom is 0.433 e. The number of amides is 1. The molecule has 3 aromatic heterocycles. The summed E-state index contributed by atoms with van der Waals surface area (Å²) in [6.45, 7) is 2.04. The number of hydrogen-bond acceptors (Lipinski definition) is 5. The van der Waals surface area contributed by atoms with Crippen molar-refractivity contribution in [3.8, 4) is 0 Å². The van der Waals surface area contributed by atoms with Gasteiger partial charge in [-0.3, -0.25) is 4.79 Å². The highest BCUT2D eigenvalue weighted by molar-refractivity contribution is 5.91. The van der Waals surface area contributed by atoms with Gasteiger partial charge in [-0.15, -0.1) is 12.4 Å². The molecule has 4 rings (SSSR count). The molecular weight excluding hydrogens is 433 g/mol. The molecule has 0 aliphatic carbocycles. The van der Waals surface area contributed by atoms with Crippen molar-refractivity contribution in [1.29, 1.82) is 0 Å². The van der Waals surface area contributed by atoms with E-state index in [0.29, 0.717) is 42.5 Å². The van der Waals surface area contributed by atoms with Gasteiger partial charge in [0.2, 0.25) is 0 Å². The SMILES string of the molecule is CN(CC1CCN(c2nccc3nc(C(F)(F)F)ccc23)CC1)C(=O)c1ccco1.Cl. The molecule has 0 unspecified atom stereocenters. The minimum atomic E-state index is -4.48. The van der Waals surface area contributed by atoms with Crippen molar-refractivity contribution in [2.45, 2.75) is 19.0 Å². The summed E-state index contributed by atoms with van der Waals surface area (Å²) in [6.07, 6.45) is 0.189. The fourth-order valence-electron chi connectivity index (χ4n) is 3.83. The zero-order chi connectivity index (χ0) is 21.3. The molecule has 1 saturated heterocycles. The van der Waals surface area contributed by atoms with Gasteiger partial charge < -0.3 is 14.2 Å². The maximum atomic E-state index is 12.9. The molecule has 31 heavy (non-hydrogen) atoms. The Morgan fingerprint density at radius 1 is 1.23 bits per heavy atom. The summed E-state index contributed by atoms with van der Waals surface area (Å²) in [4.78, 5) is 24.2. The van der Waals surface area contributed by atoms with Crippen LogP contribution < -0.4 is 4.90 Å². The molecule has 0 aromatic carbocycles. The van der Waals surface area contributed by atoms with E-state index in [1.54, 1.807) is 24.1 Å². The number of rotatable bonds is 4. The molecule has 166 valence electrons. The Hall–Kier alpha value is -2.81. The van der Waals surface area contributed by atoms with E-state index in [4.69, 9.17) is 4.42 Å². The van der Waals surface area contributed by atoms with Gasteiger partial charge in [-0.1, -0.05) is 0 Å². The van der Waals surface area contributed by atoms with E-state index >= 15 is 0 Å². The number of furan rings is 1. The predicted molar refractivity (Wildman–Crippen MR) is 112 cm³/mol. The van der Waals surface area contributed by atoms with Gasteiger partial charge in [0.05, 0.1) is 11.8 Å². The molecule has 3 aromatic rings. The standard InChI is InChI=1S/C21H21F3N4O2.ClH/c1-27(20(29)17-3-2-12-30-17)13-14-7-10-28(11-8-14)19-15-4-5-18(21(22,23)24)26-16(15)6-9-25-19;/h2-6,9,12,14H,7-8,10-11,13H2,1H3;1H. The van der Waals surface area contributed by atoms with Crippen LogP contribution in [0.2, 0.25) is 0 Å². The quantitative estimate of drug-likeness (QED) is 0.574. The average Bonchev–Trinajstić information content (AvgIpc) is 3.27. The van der Waals surface area contributed by atoms with Gasteiger partial charge in [-0.2, -0.15) is 13.2 Å². The third kappa shape index (κ3) is 4.92. The minimum absolute atomic E-state index is 0. The van der Waals surface area contributed by atoms with E-state index in [0.717, 1.165) is 18.9 Å². The highest BCUT2D eigenvalue weighted by atomic mass is 35.5. The monoisotopic (exact) mass is 454 g/mol. The topological polar surface area (TPSA) is 62.5 Å². The molecule has 1 aliphatic heterocycles. The molecule has 0 saturated carbocycles. The molecule has 0 spiro atoms. The van der Waals surface area contributed by atoms with Crippen molar-refractivity contribution in [3.05, 3.63) is 54.2 Å². The van der Waals surface area contributed by atoms with Crippen molar-refractivity contribution in [2.75, 3.05) is 31.6 Å². The van der Waals surface area contributed by atoms with Crippen LogP contribution in [0.25, 0.3) is 10.9 Å². The molecule has 0 bridgehead atoms. The van der Waals surface area contributed by atoms with Gasteiger partial charge in [-0.05, 0) is 49.1 Å². The Morgan fingerprint density at radius 2 is 1.97 bits per heavy atom. The van der Waals surface area contributed by atoms with Gasteiger partial charge in [0.15, 0.2) is 5.76 Å². The van der Waals surface area contributed by atoms with Crippen molar-refractivity contribution in [3.63, 3.8) is 0 Å². The molecule has 6 nitrogen and oxygen atoms in total. The molecule has 1 fully saturated rings. The van der Waals surface area contributed by atoms with Crippen molar-refractivity contribution >= 4 is 35.0 Å². The summed E-state index contributed by atoms with van der Waals surface area (Å²) in [6, 6.07) is 7.26. The maximum absolute atomic E-state index is 12.9. The lowest BCUT2D eigenvalue weighted by Crippen LogP contribution is -2.39. The summed E-state index contributed by atoms with van der Waals surface area (Å²) >= 11 is 0. The number of nitrogens with zero attached hydrogens (tertiary/aromatic N) is 4. The van der Waals surface area contributed by atoms with E-state index in [1.165, 1.54) is 24.6 Å². The Balaban J connectivity index is 0.00000272. The minimum Gasteiger partial charge on any atom is -0.459 e. The number of alkyl halides is 3. The molecule has 0 atom stereocenters. The lowest BCUT2D eigenvalue weighted by Gasteiger charge is -2.34. The lowest BCUT2D eigenvalue weighted by molar-refractivity contribution is -0.140. The zero-order valence-electron chi connectivity index (χ0n) is 16.8. The first-order valence-electron chi connectivity index (χ1n) is 9.70. The molecular formula is C21H22ClF3N4O2. The van der Waals surface area contributed by atoms with Crippen molar-refractivity contribution in [1.82, 2.24) is 14.9 Å². The van der Waals surface area contributed by atoms with E-state index in [1.807, 2.05) is 0 Å². The van der Waals surface area contributed by atoms with Crippen LogP contribution in [0.4, 0.5) is 19.0 Å². The summed E-state index contributed by atoms with van der Waals surface area (Å²) < 4.78 is 44.0. The number of aromatic nitrogens is 2. The predicted octanol–water partition coefficient (Wildman–Crippen LogP) is 4.65. The first-order chi connectivity index (χ1) is 14.3. The van der Waals surface area contributed by atoms with Crippen molar-refractivity contribution in [2.24, 2.45) is 5.92 Å². The molecule has 4 heterocycles. The molecule has 10 heteroatoms. The Bertz CT molecular complexity index is 1030. The molecule has 1 aliphatic rings. The second-order valence-corrected chi connectivity index (χ2v) is 7.49. The fraction of sp³-hybridized carbons (Fsp3) is 0.381. The number of carbonyl (C=O) groups excluding carboxylic acids is 1. The van der Waals surface area contributed by atoms with E-state index in [2.05, 4.69) is 14.9 Å². The van der Waals surface area contributed by atoms with Crippen LogP contribution in [-0.2, 0) is 6.18 Å². The Morgan fingerprint density at radius 3 is 2.61 bits per heavy atom. The van der Waals surface area contributed by atoms with Gasteiger partial charge in [0.1, 0.15) is 11.5 Å².